The molecule has 2 saturated heterocycles. The number of H-pyrrole nitrogens is 1. The normalized spacial score (nSPS) is 19.2. The first-order valence-electron chi connectivity index (χ1n) is 12.1. The number of carbonyl (C=O) groups excluding carboxylic acids is 1. The van der Waals surface area contributed by atoms with Gasteiger partial charge in [0.2, 0.25) is 11.9 Å². The summed E-state index contributed by atoms with van der Waals surface area (Å²) >= 11 is 0. The number of aromatic amines is 1. The van der Waals surface area contributed by atoms with Gasteiger partial charge in [-0.05, 0) is 13.3 Å². The maximum Gasteiger partial charge on any atom is 0.419 e. The fourth-order valence-corrected chi connectivity index (χ4v) is 4.28. The SMILES string of the molecule is Cc1c(N[C@@H](COCCC(=O)N2CCN(c3ncc(C(F)(F)F)cn3)CC2)[C@H]2CCOC2)cn[nH]c1=O. The Bertz CT molecular complexity index is 1100. The number of ether oxygens (including phenoxy) is 2. The number of hydrogen-bond acceptors (Lipinski definition) is 9. The zero-order valence-corrected chi connectivity index (χ0v) is 20.5. The van der Waals surface area contributed by atoms with Gasteiger partial charge in [0.25, 0.3) is 5.56 Å². The summed E-state index contributed by atoms with van der Waals surface area (Å²) in [5.41, 5.74) is 0.0141. The Labute approximate surface area is 211 Å². The van der Waals surface area contributed by atoms with Crippen LogP contribution in [0.3, 0.4) is 0 Å². The summed E-state index contributed by atoms with van der Waals surface area (Å²) in [5, 5.41) is 9.61. The van der Waals surface area contributed by atoms with Crippen LogP contribution in [0.25, 0.3) is 0 Å². The molecule has 0 aromatic carbocycles. The van der Waals surface area contributed by atoms with Crippen molar-refractivity contribution in [3.63, 3.8) is 0 Å². The van der Waals surface area contributed by atoms with Crippen LogP contribution >= 0.6 is 0 Å². The molecular formula is C23H30F3N7O4. The van der Waals surface area contributed by atoms with Gasteiger partial charge in [-0.25, -0.2) is 15.1 Å². The maximum atomic E-state index is 12.7. The molecule has 4 heterocycles. The van der Waals surface area contributed by atoms with Gasteiger partial charge in [0.15, 0.2) is 0 Å². The highest BCUT2D eigenvalue weighted by Gasteiger charge is 2.32. The van der Waals surface area contributed by atoms with Crippen molar-refractivity contribution in [2.24, 2.45) is 5.92 Å². The average Bonchev–Trinajstić information content (AvgIpc) is 3.43. The molecule has 2 aromatic rings. The van der Waals surface area contributed by atoms with E-state index in [9.17, 15) is 22.8 Å². The van der Waals surface area contributed by atoms with Crippen LogP contribution in [0.4, 0.5) is 24.8 Å². The molecule has 0 aliphatic carbocycles. The van der Waals surface area contributed by atoms with E-state index in [0.29, 0.717) is 57.3 Å². The Hall–Kier alpha value is -3.26. The lowest BCUT2D eigenvalue weighted by atomic mass is 9.99. The van der Waals surface area contributed by atoms with E-state index in [1.54, 1.807) is 22.9 Å². The number of nitrogens with zero attached hydrogens (tertiary/aromatic N) is 5. The van der Waals surface area contributed by atoms with Gasteiger partial charge in [0, 0.05) is 56.7 Å². The molecule has 0 saturated carbocycles. The van der Waals surface area contributed by atoms with Gasteiger partial charge in [-0.15, -0.1) is 0 Å². The minimum absolute atomic E-state index is 0.0589. The summed E-state index contributed by atoms with van der Waals surface area (Å²) in [6.07, 6.45) is -0.309. The molecule has 1 amide bonds. The second-order valence-electron chi connectivity index (χ2n) is 9.07. The van der Waals surface area contributed by atoms with Crippen molar-refractivity contribution in [3.8, 4) is 0 Å². The fourth-order valence-electron chi connectivity index (χ4n) is 4.28. The Morgan fingerprint density at radius 1 is 1.24 bits per heavy atom. The van der Waals surface area contributed by atoms with Crippen LogP contribution in [-0.4, -0.2) is 89.6 Å². The molecule has 2 aromatic heterocycles. The number of anilines is 2. The minimum Gasteiger partial charge on any atom is -0.381 e. The second kappa shape index (κ2) is 11.9. The van der Waals surface area contributed by atoms with Crippen molar-refractivity contribution in [2.45, 2.75) is 32.0 Å². The number of alkyl halides is 3. The molecule has 202 valence electrons. The molecule has 0 unspecified atom stereocenters. The summed E-state index contributed by atoms with van der Waals surface area (Å²) in [5.74, 6) is 0.356. The first-order valence-corrected chi connectivity index (χ1v) is 12.1. The van der Waals surface area contributed by atoms with Crippen LogP contribution in [0, 0.1) is 12.8 Å². The van der Waals surface area contributed by atoms with Crippen molar-refractivity contribution in [1.82, 2.24) is 25.1 Å². The zero-order chi connectivity index (χ0) is 26.4. The zero-order valence-electron chi connectivity index (χ0n) is 20.5. The number of amides is 1. The molecule has 37 heavy (non-hydrogen) atoms. The smallest absolute Gasteiger partial charge is 0.381 e. The lowest BCUT2D eigenvalue weighted by Gasteiger charge is -2.34. The average molecular weight is 526 g/mol. The van der Waals surface area contributed by atoms with Gasteiger partial charge in [0.05, 0.1) is 49.7 Å². The highest BCUT2D eigenvalue weighted by atomic mass is 19.4. The fraction of sp³-hybridized carbons (Fsp3) is 0.609. The van der Waals surface area contributed by atoms with E-state index in [1.165, 1.54) is 0 Å². The minimum atomic E-state index is -4.48. The van der Waals surface area contributed by atoms with E-state index in [0.717, 1.165) is 18.8 Å². The topological polar surface area (TPSA) is 126 Å². The molecule has 11 nitrogen and oxygen atoms in total. The van der Waals surface area contributed by atoms with Crippen LogP contribution in [0.1, 0.15) is 24.0 Å². The van der Waals surface area contributed by atoms with Crippen LogP contribution in [0.2, 0.25) is 0 Å². The summed E-state index contributed by atoms with van der Waals surface area (Å²) in [6.45, 7) is 5.23. The summed E-state index contributed by atoms with van der Waals surface area (Å²) in [7, 11) is 0. The molecule has 2 aliphatic heterocycles. The summed E-state index contributed by atoms with van der Waals surface area (Å²) in [6, 6.07) is -0.104. The molecule has 14 heteroatoms. The molecule has 2 aliphatic rings. The third kappa shape index (κ3) is 6.95. The van der Waals surface area contributed by atoms with E-state index in [2.05, 4.69) is 25.5 Å². The molecule has 2 N–H and O–H groups in total. The van der Waals surface area contributed by atoms with E-state index in [4.69, 9.17) is 9.47 Å². The van der Waals surface area contributed by atoms with Crippen molar-refractivity contribution in [2.75, 3.05) is 62.8 Å². The van der Waals surface area contributed by atoms with E-state index in [1.807, 2.05) is 0 Å². The predicted octanol–water partition coefficient (Wildman–Crippen LogP) is 1.46. The monoisotopic (exact) mass is 525 g/mol. The van der Waals surface area contributed by atoms with Gasteiger partial charge in [-0.1, -0.05) is 0 Å². The van der Waals surface area contributed by atoms with Crippen LogP contribution in [0.5, 0.6) is 0 Å². The molecule has 4 rings (SSSR count). The Balaban J connectivity index is 1.22. The highest BCUT2D eigenvalue weighted by molar-refractivity contribution is 5.76. The van der Waals surface area contributed by atoms with Gasteiger partial charge in [0.1, 0.15) is 0 Å². The quantitative estimate of drug-likeness (QED) is 0.468. The second-order valence-corrected chi connectivity index (χ2v) is 9.07. The van der Waals surface area contributed by atoms with E-state index < -0.39 is 11.7 Å². The van der Waals surface area contributed by atoms with Gasteiger partial charge < -0.3 is 24.6 Å². The van der Waals surface area contributed by atoms with Crippen molar-refractivity contribution < 1.29 is 27.4 Å². The first-order chi connectivity index (χ1) is 17.7. The number of hydrogen-bond donors (Lipinski definition) is 2. The standard InChI is InChI=1S/C23H30F3N7O4/c1-15-18(12-29-31-21(15)35)30-19(16-2-8-36-13-16)14-37-9-3-20(34)32-4-6-33(7-5-32)22-27-10-17(11-28-22)23(24,25)26/h10-12,16,19H,2-9,13-14H2,1H3,(H2,30,31,35)/t16-,19-/m0/s1. The number of aromatic nitrogens is 4. The number of rotatable bonds is 9. The van der Waals surface area contributed by atoms with Crippen LogP contribution < -0.4 is 15.8 Å². The lowest BCUT2D eigenvalue weighted by molar-refractivity contribution is -0.138. The van der Waals surface area contributed by atoms with Crippen LogP contribution in [0.15, 0.2) is 23.4 Å². The van der Waals surface area contributed by atoms with Crippen molar-refractivity contribution in [3.05, 3.63) is 40.1 Å². The third-order valence-corrected chi connectivity index (χ3v) is 6.62. The number of halogens is 3. The molecule has 2 fully saturated rings. The van der Waals surface area contributed by atoms with Gasteiger partial charge in [-0.3, -0.25) is 9.59 Å². The maximum absolute atomic E-state index is 12.7. The Morgan fingerprint density at radius 2 is 1.97 bits per heavy atom. The molecule has 0 spiro atoms. The van der Waals surface area contributed by atoms with E-state index >= 15 is 0 Å². The largest absolute Gasteiger partial charge is 0.419 e. The number of nitrogens with one attached hydrogen (secondary N) is 2. The van der Waals surface area contributed by atoms with Crippen molar-refractivity contribution in [1.29, 1.82) is 0 Å². The first kappa shape index (κ1) is 26.8. The number of piperazine rings is 1. The van der Waals surface area contributed by atoms with Crippen molar-refractivity contribution >= 4 is 17.5 Å². The lowest BCUT2D eigenvalue weighted by Crippen LogP contribution is -2.49. The number of carbonyl (C=O) groups is 1. The highest BCUT2D eigenvalue weighted by Crippen LogP contribution is 2.28. The third-order valence-electron chi connectivity index (χ3n) is 6.62. The predicted molar refractivity (Wildman–Crippen MR) is 127 cm³/mol. The van der Waals surface area contributed by atoms with E-state index in [-0.39, 0.29) is 42.4 Å². The molecule has 2 atom stereocenters. The summed E-state index contributed by atoms with van der Waals surface area (Å²) in [4.78, 5) is 35.6. The van der Waals surface area contributed by atoms with Gasteiger partial charge in [-0.2, -0.15) is 18.3 Å². The molecule has 0 bridgehead atoms. The molecular weight excluding hydrogens is 495 g/mol. The summed E-state index contributed by atoms with van der Waals surface area (Å²) < 4.78 is 49.5. The van der Waals surface area contributed by atoms with Gasteiger partial charge >= 0.3 is 6.18 Å². The Kier molecular flexibility index (Phi) is 8.59. The van der Waals surface area contributed by atoms with Crippen LogP contribution in [-0.2, 0) is 20.4 Å². The molecule has 0 radical (unpaired) electrons. The Morgan fingerprint density at radius 3 is 2.62 bits per heavy atom.